The molecule has 3 rings (SSSR count). The number of amides is 2. The monoisotopic (exact) mass is 448 g/mol. The van der Waals surface area contributed by atoms with Crippen LogP contribution in [0.5, 0.6) is 0 Å². The lowest BCUT2D eigenvalue weighted by Crippen LogP contribution is -2.62. The van der Waals surface area contributed by atoms with Crippen molar-refractivity contribution in [3.8, 4) is 0 Å². The standard InChI is InChI=1S/C26H48N4O2/c1-19(2)17-23-25(31)30(16-11-27-23)24(18-20(3)4)26(32)29-14-9-22(10-15-29)8-13-28-12-6-7-21(28)5/h19-24,27H,6-18H2,1-5H3/t21-,23+,24?/m1/s1. The molecule has 3 aliphatic heterocycles. The molecule has 3 fully saturated rings. The first kappa shape index (κ1) is 25.5. The lowest BCUT2D eigenvalue weighted by atomic mass is 9.91. The van der Waals surface area contributed by atoms with E-state index in [9.17, 15) is 9.59 Å². The van der Waals surface area contributed by atoms with Crippen LogP contribution in [0.2, 0.25) is 0 Å². The Balaban J connectivity index is 1.56. The molecule has 0 aromatic rings. The Morgan fingerprint density at radius 1 is 1.03 bits per heavy atom. The molecule has 1 N–H and O–H groups in total. The van der Waals surface area contributed by atoms with Crippen LogP contribution >= 0.6 is 0 Å². The van der Waals surface area contributed by atoms with Crippen LogP contribution in [-0.2, 0) is 9.59 Å². The van der Waals surface area contributed by atoms with Crippen molar-refractivity contribution in [2.24, 2.45) is 17.8 Å². The van der Waals surface area contributed by atoms with E-state index in [2.05, 4.69) is 49.7 Å². The second-order valence-corrected chi connectivity index (χ2v) is 11.4. The summed E-state index contributed by atoms with van der Waals surface area (Å²) in [5.74, 6) is 1.88. The summed E-state index contributed by atoms with van der Waals surface area (Å²) >= 11 is 0. The molecular weight excluding hydrogens is 400 g/mol. The number of likely N-dealkylation sites (tertiary alicyclic amines) is 2. The quantitative estimate of drug-likeness (QED) is 0.588. The Kier molecular flexibility index (Phi) is 9.42. The van der Waals surface area contributed by atoms with E-state index in [0.717, 1.165) is 57.3 Å². The molecule has 0 radical (unpaired) electrons. The van der Waals surface area contributed by atoms with Gasteiger partial charge in [0.15, 0.2) is 0 Å². The summed E-state index contributed by atoms with van der Waals surface area (Å²) in [5.41, 5.74) is 0. The average molecular weight is 449 g/mol. The van der Waals surface area contributed by atoms with Gasteiger partial charge >= 0.3 is 0 Å². The Hall–Kier alpha value is -1.14. The topological polar surface area (TPSA) is 55.9 Å². The van der Waals surface area contributed by atoms with Crippen LogP contribution in [0.1, 0.15) is 79.6 Å². The molecular formula is C26H48N4O2. The molecule has 0 spiro atoms. The fraction of sp³-hybridized carbons (Fsp3) is 0.923. The van der Waals surface area contributed by atoms with E-state index in [1.807, 2.05) is 4.90 Å². The second kappa shape index (κ2) is 11.8. The number of nitrogens with one attached hydrogen (secondary N) is 1. The van der Waals surface area contributed by atoms with Gasteiger partial charge in [0.25, 0.3) is 0 Å². The normalized spacial score (nSPS) is 27.0. The van der Waals surface area contributed by atoms with Crippen molar-refractivity contribution < 1.29 is 9.59 Å². The summed E-state index contributed by atoms with van der Waals surface area (Å²) in [6.45, 7) is 16.6. The first-order valence-corrected chi connectivity index (χ1v) is 13.3. The number of nitrogens with zero attached hydrogens (tertiary/aromatic N) is 3. The highest BCUT2D eigenvalue weighted by atomic mass is 16.2. The number of piperazine rings is 1. The van der Waals surface area contributed by atoms with E-state index in [0.29, 0.717) is 18.4 Å². The number of carbonyl (C=O) groups is 2. The van der Waals surface area contributed by atoms with Crippen molar-refractivity contribution in [2.45, 2.75) is 97.7 Å². The van der Waals surface area contributed by atoms with Gasteiger partial charge in [-0.3, -0.25) is 9.59 Å². The molecule has 1 unspecified atom stereocenters. The van der Waals surface area contributed by atoms with Crippen molar-refractivity contribution in [3.05, 3.63) is 0 Å². The van der Waals surface area contributed by atoms with Crippen molar-refractivity contribution in [1.29, 1.82) is 0 Å². The van der Waals surface area contributed by atoms with Crippen molar-refractivity contribution in [1.82, 2.24) is 20.0 Å². The summed E-state index contributed by atoms with van der Waals surface area (Å²) < 4.78 is 0. The Morgan fingerprint density at radius 2 is 1.75 bits per heavy atom. The molecule has 0 aromatic carbocycles. The molecule has 184 valence electrons. The molecule has 6 nitrogen and oxygen atoms in total. The number of rotatable bonds is 9. The van der Waals surface area contributed by atoms with E-state index < -0.39 is 0 Å². The summed E-state index contributed by atoms with van der Waals surface area (Å²) in [5, 5.41) is 3.38. The van der Waals surface area contributed by atoms with E-state index in [1.165, 1.54) is 32.4 Å². The number of hydrogen-bond acceptors (Lipinski definition) is 4. The number of carbonyl (C=O) groups excluding carboxylic acids is 2. The highest BCUT2D eigenvalue weighted by Crippen LogP contribution is 2.26. The fourth-order valence-electron chi connectivity index (χ4n) is 5.86. The van der Waals surface area contributed by atoms with E-state index in [-0.39, 0.29) is 23.9 Å². The average Bonchev–Trinajstić information content (AvgIpc) is 3.16. The van der Waals surface area contributed by atoms with Gasteiger partial charge in [-0.05, 0) is 82.7 Å². The van der Waals surface area contributed by atoms with Gasteiger partial charge in [-0.25, -0.2) is 0 Å². The van der Waals surface area contributed by atoms with Gasteiger partial charge in [0.1, 0.15) is 6.04 Å². The predicted molar refractivity (Wildman–Crippen MR) is 130 cm³/mol. The van der Waals surface area contributed by atoms with Crippen LogP contribution < -0.4 is 5.32 Å². The highest BCUT2D eigenvalue weighted by Gasteiger charge is 2.39. The molecule has 3 saturated heterocycles. The number of hydrogen-bond donors (Lipinski definition) is 1. The maximum Gasteiger partial charge on any atom is 0.245 e. The maximum atomic E-state index is 13.6. The van der Waals surface area contributed by atoms with Crippen LogP contribution in [0.3, 0.4) is 0 Å². The van der Waals surface area contributed by atoms with Crippen molar-refractivity contribution in [3.63, 3.8) is 0 Å². The molecule has 0 aromatic heterocycles. The minimum Gasteiger partial charge on any atom is -0.341 e. The molecule has 6 heteroatoms. The van der Waals surface area contributed by atoms with Crippen LogP contribution in [0, 0.1) is 17.8 Å². The summed E-state index contributed by atoms with van der Waals surface area (Å²) in [7, 11) is 0. The molecule has 3 heterocycles. The lowest BCUT2D eigenvalue weighted by molar-refractivity contribution is -0.150. The Labute approximate surface area is 196 Å². The van der Waals surface area contributed by atoms with Gasteiger partial charge in [0, 0.05) is 32.2 Å². The molecule has 3 aliphatic rings. The van der Waals surface area contributed by atoms with Gasteiger partial charge in [-0.1, -0.05) is 27.7 Å². The molecule has 2 amide bonds. The first-order chi connectivity index (χ1) is 15.3. The lowest BCUT2D eigenvalue weighted by Gasteiger charge is -2.42. The molecule has 0 aliphatic carbocycles. The highest BCUT2D eigenvalue weighted by molar-refractivity contribution is 5.90. The molecule has 0 bridgehead atoms. The molecule has 0 saturated carbocycles. The van der Waals surface area contributed by atoms with Gasteiger partial charge in [0.2, 0.25) is 11.8 Å². The van der Waals surface area contributed by atoms with Crippen LogP contribution in [0.25, 0.3) is 0 Å². The first-order valence-electron chi connectivity index (χ1n) is 13.3. The minimum absolute atomic E-state index is 0.124. The summed E-state index contributed by atoms with van der Waals surface area (Å²) in [6.07, 6.45) is 7.74. The smallest absolute Gasteiger partial charge is 0.245 e. The zero-order valence-corrected chi connectivity index (χ0v) is 21.3. The van der Waals surface area contributed by atoms with Gasteiger partial charge < -0.3 is 20.0 Å². The summed E-state index contributed by atoms with van der Waals surface area (Å²) in [4.78, 5) is 33.5. The van der Waals surface area contributed by atoms with E-state index >= 15 is 0 Å². The van der Waals surface area contributed by atoms with Crippen LogP contribution in [0.15, 0.2) is 0 Å². The van der Waals surface area contributed by atoms with Gasteiger partial charge in [0.05, 0.1) is 6.04 Å². The summed E-state index contributed by atoms with van der Waals surface area (Å²) in [6, 6.07) is 0.288. The van der Waals surface area contributed by atoms with Gasteiger partial charge in [-0.15, -0.1) is 0 Å². The van der Waals surface area contributed by atoms with E-state index in [4.69, 9.17) is 0 Å². The van der Waals surface area contributed by atoms with Crippen LogP contribution in [-0.4, -0.2) is 83.9 Å². The van der Waals surface area contributed by atoms with Gasteiger partial charge in [-0.2, -0.15) is 0 Å². The SMILES string of the molecule is CC(C)CC(C(=O)N1CCC(CCN2CCC[C@H]2C)CC1)N1CCN[C@@H](CC(C)C)C1=O. The van der Waals surface area contributed by atoms with E-state index in [1.54, 1.807) is 0 Å². The Morgan fingerprint density at radius 3 is 2.34 bits per heavy atom. The third kappa shape index (κ3) is 6.69. The molecule has 3 atom stereocenters. The minimum atomic E-state index is -0.304. The maximum absolute atomic E-state index is 13.6. The second-order valence-electron chi connectivity index (χ2n) is 11.4. The third-order valence-corrected chi connectivity index (χ3v) is 7.83. The third-order valence-electron chi connectivity index (χ3n) is 7.83. The zero-order valence-electron chi connectivity index (χ0n) is 21.3. The molecule has 32 heavy (non-hydrogen) atoms. The largest absolute Gasteiger partial charge is 0.341 e. The van der Waals surface area contributed by atoms with Crippen LogP contribution in [0.4, 0.5) is 0 Å². The Bertz CT molecular complexity index is 615. The zero-order chi connectivity index (χ0) is 23.3. The predicted octanol–water partition coefficient (Wildman–Crippen LogP) is 3.36. The number of piperidine rings is 1. The van der Waals surface area contributed by atoms with Crippen molar-refractivity contribution in [2.75, 3.05) is 39.3 Å². The van der Waals surface area contributed by atoms with Crippen molar-refractivity contribution >= 4 is 11.8 Å². The fourth-order valence-corrected chi connectivity index (χ4v) is 5.86.